The first kappa shape index (κ1) is 17.4. The van der Waals surface area contributed by atoms with Crippen molar-refractivity contribution in [2.24, 2.45) is 5.73 Å². The predicted molar refractivity (Wildman–Crippen MR) is 111 cm³/mol. The molecule has 2 aliphatic rings. The largest absolute Gasteiger partial charge is 0.369 e. The van der Waals surface area contributed by atoms with Crippen molar-refractivity contribution >= 4 is 23.2 Å². The van der Waals surface area contributed by atoms with Crippen molar-refractivity contribution in [1.29, 1.82) is 0 Å². The number of benzene rings is 2. The number of rotatable bonds is 3. The van der Waals surface area contributed by atoms with Gasteiger partial charge in [-0.25, -0.2) is 4.79 Å². The lowest BCUT2D eigenvalue weighted by Gasteiger charge is -2.29. The topological polar surface area (TPSA) is 116 Å². The molecule has 146 valence electrons. The van der Waals surface area contributed by atoms with E-state index in [0.29, 0.717) is 33.8 Å². The molecule has 0 atom stereocenters. The van der Waals surface area contributed by atoms with Crippen LogP contribution in [0, 0.1) is 0 Å². The van der Waals surface area contributed by atoms with E-state index in [2.05, 4.69) is 37.9 Å². The molecule has 2 heterocycles. The Morgan fingerprint density at radius 1 is 1.07 bits per heavy atom. The maximum atomic E-state index is 13.2. The molecule has 1 saturated heterocycles. The first-order valence-electron chi connectivity index (χ1n) is 9.52. The second-order valence-electron chi connectivity index (χ2n) is 7.15. The third kappa shape index (κ3) is 2.85. The Labute approximate surface area is 167 Å². The summed E-state index contributed by atoms with van der Waals surface area (Å²) in [6, 6.07) is 12.7. The summed E-state index contributed by atoms with van der Waals surface area (Å²) in [7, 11) is 0. The van der Waals surface area contributed by atoms with E-state index in [-0.39, 0.29) is 5.78 Å². The molecule has 3 aromatic rings. The van der Waals surface area contributed by atoms with Crippen LogP contribution in [0.5, 0.6) is 0 Å². The number of fused-ring (bicyclic) bond motifs is 3. The molecule has 2 aromatic carbocycles. The highest BCUT2D eigenvalue weighted by atomic mass is 16.2. The van der Waals surface area contributed by atoms with E-state index in [4.69, 9.17) is 5.73 Å². The van der Waals surface area contributed by atoms with Crippen LogP contribution in [0.4, 0.5) is 16.2 Å². The highest BCUT2D eigenvalue weighted by Crippen LogP contribution is 2.43. The number of nitrogens with two attached hydrogens (primary N) is 1. The molecule has 0 saturated carbocycles. The summed E-state index contributed by atoms with van der Waals surface area (Å²) < 4.78 is 0. The van der Waals surface area contributed by atoms with E-state index in [0.717, 1.165) is 37.4 Å². The third-order valence-corrected chi connectivity index (χ3v) is 5.44. The maximum Gasteiger partial charge on any atom is 0.316 e. The summed E-state index contributed by atoms with van der Waals surface area (Å²) in [5.74, 6) is -0.172. The number of hydrogen-bond donors (Lipinski definition) is 4. The van der Waals surface area contributed by atoms with Gasteiger partial charge in [-0.2, -0.15) is 5.10 Å². The molecular formula is C21H20N6O2. The summed E-state index contributed by atoms with van der Waals surface area (Å²) in [6.07, 6.45) is 0. The van der Waals surface area contributed by atoms with E-state index in [1.165, 1.54) is 0 Å². The van der Waals surface area contributed by atoms with Crippen molar-refractivity contribution in [3.63, 3.8) is 0 Å². The van der Waals surface area contributed by atoms with Gasteiger partial charge >= 0.3 is 6.03 Å². The number of aromatic nitrogens is 2. The summed E-state index contributed by atoms with van der Waals surface area (Å²) in [5.41, 5.74) is 10.6. The second-order valence-corrected chi connectivity index (χ2v) is 7.15. The van der Waals surface area contributed by atoms with Crippen molar-refractivity contribution in [1.82, 2.24) is 15.5 Å². The summed E-state index contributed by atoms with van der Waals surface area (Å²) >= 11 is 0. The maximum absolute atomic E-state index is 13.2. The molecule has 1 fully saturated rings. The molecule has 2 amide bonds. The number of urea groups is 1. The van der Waals surface area contributed by atoms with Crippen LogP contribution in [0.3, 0.4) is 0 Å². The molecule has 8 nitrogen and oxygen atoms in total. The normalized spacial score (nSPS) is 15.2. The number of aromatic amines is 1. The first-order chi connectivity index (χ1) is 14.1. The van der Waals surface area contributed by atoms with Crippen LogP contribution < -0.4 is 21.3 Å². The van der Waals surface area contributed by atoms with E-state index in [1.54, 1.807) is 12.1 Å². The van der Waals surface area contributed by atoms with Crippen LogP contribution in [-0.2, 0) is 0 Å². The van der Waals surface area contributed by atoms with Gasteiger partial charge in [0.2, 0.25) is 0 Å². The van der Waals surface area contributed by atoms with E-state index in [9.17, 15) is 9.59 Å². The monoisotopic (exact) mass is 388 g/mol. The van der Waals surface area contributed by atoms with E-state index < -0.39 is 6.03 Å². The number of amides is 2. The lowest BCUT2D eigenvalue weighted by Crippen LogP contribution is -2.43. The Morgan fingerprint density at radius 3 is 2.55 bits per heavy atom. The molecular weight excluding hydrogens is 368 g/mol. The van der Waals surface area contributed by atoms with Gasteiger partial charge in [0.15, 0.2) is 5.78 Å². The minimum absolute atomic E-state index is 0.172. The van der Waals surface area contributed by atoms with Crippen LogP contribution in [0.2, 0.25) is 0 Å². The number of piperazine rings is 1. The number of nitrogens with one attached hydrogen (secondary N) is 3. The summed E-state index contributed by atoms with van der Waals surface area (Å²) in [6.45, 7) is 3.90. The van der Waals surface area contributed by atoms with Gasteiger partial charge in [0.25, 0.3) is 0 Å². The number of hydrogen-bond acceptors (Lipinski definition) is 5. The van der Waals surface area contributed by atoms with Gasteiger partial charge in [-0.1, -0.05) is 24.3 Å². The van der Waals surface area contributed by atoms with Gasteiger partial charge in [0, 0.05) is 43.0 Å². The van der Waals surface area contributed by atoms with Crippen molar-refractivity contribution in [2.45, 2.75) is 0 Å². The number of carbonyl (C=O) groups is 2. The minimum atomic E-state index is -0.707. The zero-order chi connectivity index (χ0) is 20.0. The fourth-order valence-electron chi connectivity index (χ4n) is 4.08. The minimum Gasteiger partial charge on any atom is -0.369 e. The zero-order valence-corrected chi connectivity index (χ0v) is 15.7. The number of primary amides is 1. The Hall–Kier alpha value is -3.65. The SMILES string of the molecule is NC(=O)Nc1cccc2c1C(=O)c1c-2n[nH]c1-c1ccc(N2CCNCC2)cc1. The van der Waals surface area contributed by atoms with Crippen LogP contribution >= 0.6 is 0 Å². The summed E-state index contributed by atoms with van der Waals surface area (Å²) in [4.78, 5) is 26.8. The van der Waals surface area contributed by atoms with Crippen molar-refractivity contribution in [3.8, 4) is 22.5 Å². The molecule has 1 aliphatic heterocycles. The van der Waals surface area contributed by atoms with Crippen LogP contribution in [0.25, 0.3) is 22.5 Å². The standard InChI is InChI=1S/C21H20N6O2/c22-21(29)24-15-3-1-2-14-16(15)20(28)17-18(25-26-19(14)17)12-4-6-13(7-5-12)27-10-8-23-9-11-27/h1-7,23H,8-11H2,(H,25,26)(H3,22,24,29). The lowest BCUT2D eigenvalue weighted by molar-refractivity contribution is 0.104. The lowest BCUT2D eigenvalue weighted by atomic mass is 10.0. The first-order valence-corrected chi connectivity index (χ1v) is 9.52. The Kier molecular flexibility index (Phi) is 4.06. The average molecular weight is 388 g/mol. The molecule has 0 bridgehead atoms. The molecule has 0 radical (unpaired) electrons. The van der Waals surface area contributed by atoms with Crippen LogP contribution in [-0.4, -0.2) is 48.2 Å². The zero-order valence-electron chi connectivity index (χ0n) is 15.7. The van der Waals surface area contributed by atoms with Gasteiger partial charge in [0.1, 0.15) is 5.69 Å². The Balaban J connectivity index is 1.51. The predicted octanol–water partition coefficient (Wildman–Crippen LogP) is 2.19. The van der Waals surface area contributed by atoms with Gasteiger partial charge in [0.05, 0.1) is 22.5 Å². The number of H-pyrrole nitrogens is 1. The van der Waals surface area contributed by atoms with Crippen molar-refractivity contribution < 1.29 is 9.59 Å². The number of carbonyl (C=O) groups excluding carboxylic acids is 2. The molecule has 29 heavy (non-hydrogen) atoms. The van der Waals surface area contributed by atoms with Gasteiger partial charge in [-0.15, -0.1) is 0 Å². The number of anilines is 2. The Morgan fingerprint density at radius 2 is 1.83 bits per heavy atom. The molecule has 1 aliphatic carbocycles. The third-order valence-electron chi connectivity index (χ3n) is 5.44. The highest BCUT2D eigenvalue weighted by Gasteiger charge is 2.35. The van der Waals surface area contributed by atoms with E-state index >= 15 is 0 Å². The molecule has 8 heteroatoms. The molecule has 0 spiro atoms. The second kappa shape index (κ2) is 6.75. The Bertz CT molecular complexity index is 1110. The number of ketones is 1. The quantitative estimate of drug-likeness (QED) is 0.429. The van der Waals surface area contributed by atoms with Gasteiger partial charge < -0.3 is 21.3 Å². The molecule has 0 unspecified atom stereocenters. The fraction of sp³-hybridized carbons (Fsp3) is 0.190. The smallest absolute Gasteiger partial charge is 0.316 e. The van der Waals surface area contributed by atoms with Gasteiger partial charge in [-0.05, 0) is 18.2 Å². The highest BCUT2D eigenvalue weighted by molar-refractivity contribution is 6.26. The molecule has 5 N–H and O–H groups in total. The van der Waals surface area contributed by atoms with Crippen molar-refractivity contribution in [3.05, 3.63) is 53.6 Å². The molecule has 5 rings (SSSR count). The average Bonchev–Trinajstić information content (AvgIpc) is 3.29. The van der Waals surface area contributed by atoms with Crippen LogP contribution in [0.1, 0.15) is 15.9 Å². The summed E-state index contributed by atoms with van der Waals surface area (Å²) in [5, 5.41) is 13.3. The number of nitrogens with zero attached hydrogens (tertiary/aromatic N) is 2. The van der Waals surface area contributed by atoms with Crippen molar-refractivity contribution in [2.75, 3.05) is 36.4 Å². The van der Waals surface area contributed by atoms with E-state index in [1.807, 2.05) is 18.2 Å². The molecule has 1 aromatic heterocycles. The van der Waals surface area contributed by atoms with Gasteiger partial charge in [-0.3, -0.25) is 9.89 Å². The fourth-order valence-corrected chi connectivity index (χ4v) is 4.08. The van der Waals surface area contributed by atoms with Crippen LogP contribution in [0.15, 0.2) is 42.5 Å².